The van der Waals surface area contributed by atoms with E-state index in [0.717, 1.165) is 12.1 Å². The minimum atomic E-state index is -4.57. The number of urea groups is 1. The molecule has 0 bridgehead atoms. The molecule has 3 amide bonds. The molecule has 2 rings (SSSR count). The van der Waals surface area contributed by atoms with Crippen LogP contribution in [-0.2, 0) is 12.7 Å². The molecule has 2 aromatic rings. The molecule has 0 heterocycles. The number of halogens is 4. The fourth-order valence-corrected chi connectivity index (χ4v) is 2.45. The number of benzene rings is 2. The van der Waals surface area contributed by atoms with Crippen molar-refractivity contribution in [2.24, 2.45) is 5.73 Å². The molecule has 5 N–H and O–H groups in total. The lowest BCUT2D eigenvalue weighted by molar-refractivity contribution is -0.137. The van der Waals surface area contributed by atoms with Crippen molar-refractivity contribution < 1.29 is 22.8 Å². The number of para-hydroxylation sites is 1. The Morgan fingerprint density at radius 2 is 1.72 bits per heavy atom. The Morgan fingerprint density at radius 3 is 2.31 bits per heavy atom. The first-order valence-electron chi connectivity index (χ1n) is 8.49. The third kappa shape index (κ3) is 6.95. The number of hydrogen-bond donors (Lipinski definition) is 4. The lowest BCUT2D eigenvalue weighted by atomic mass is 10.1. The van der Waals surface area contributed by atoms with Gasteiger partial charge in [-0.3, -0.25) is 4.79 Å². The van der Waals surface area contributed by atoms with Crippen LogP contribution in [0.1, 0.15) is 35.3 Å². The van der Waals surface area contributed by atoms with Crippen LogP contribution in [0.5, 0.6) is 0 Å². The number of hydrogen-bond acceptors (Lipinski definition) is 3. The van der Waals surface area contributed by atoms with Crippen LogP contribution in [0.2, 0.25) is 0 Å². The molecule has 0 spiro atoms. The molecule has 2 aromatic carbocycles. The van der Waals surface area contributed by atoms with Gasteiger partial charge in [0.2, 0.25) is 0 Å². The summed E-state index contributed by atoms with van der Waals surface area (Å²) in [4.78, 5) is 24.5. The predicted molar refractivity (Wildman–Crippen MR) is 108 cm³/mol. The summed E-state index contributed by atoms with van der Waals surface area (Å²) in [7, 11) is 0. The van der Waals surface area contributed by atoms with E-state index in [1.807, 2.05) is 0 Å². The Hall–Kier alpha value is -2.78. The van der Waals surface area contributed by atoms with E-state index in [-0.39, 0.29) is 47.5 Å². The average molecular weight is 431 g/mol. The average Bonchev–Trinajstić information content (AvgIpc) is 2.60. The number of nitrogens with one attached hydrogen (secondary N) is 3. The normalized spacial score (nSPS) is 10.9. The summed E-state index contributed by atoms with van der Waals surface area (Å²) in [5, 5.41) is 7.62. The highest BCUT2D eigenvalue weighted by molar-refractivity contribution is 6.10. The van der Waals surface area contributed by atoms with Crippen LogP contribution in [0, 0.1) is 0 Å². The fourth-order valence-electron chi connectivity index (χ4n) is 2.45. The van der Waals surface area contributed by atoms with Gasteiger partial charge in [0.1, 0.15) is 0 Å². The van der Waals surface area contributed by atoms with Crippen molar-refractivity contribution in [3.63, 3.8) is 0 Å². The second kappa shape index (κ2) is 10.1. The van der Waals surface area contributed by atoms with Crippen LogP contribution in [0.3, 0.4) is 0 Å². The first kappa shape index (κ1) is 24.3. The van der Waals surface area contributed by atoms with Gasteiger partial charge in [-0.15, -0.1) is 12.4 Å². The van der Waals surface area contributed by atoms with Gasteiger partial charge >= 0.3 is 12.2 Å². The molecule has 0 aliphatic carbocycles. The summed E-state index contributed by atoms with van der Waals surface area (Å²) < 4.78 is 39.1. The Labute approximate surface area is 172 Å². The summed E-state index contributed by atoms with van der Waals surface area (Å²) in [6, 6.07) is 8.70. The molecule has 0 unspecified atom stereocenters. The second-order valence-electron chi connectivity index (χ2n) is 6.37. The van der Waals surface area contributed by atoms with Gasteiger partial charge < -0.3 is 21.7 Å². The van der Waals surface area contributed by atoms with Gasteiger partial charge in [-0.1, -0.05) is 12.1 Å². The third-order valence-corrected chi connectivity index (χ3v) is 3.65. The summed E-state index contributed by atoms with van der Waals surface area (Å²) in [6.45, 7) is 3.45. The molecule has 0 atom stereocenters. The zero-order valence-corrected chi connectivity index (χ0v) is 16.6. The SMILES string of the molecule is CC(C)NC(=O)Nc1ccccc1C(=O)Nc1cc(CN)cc(C(F)(F)F)c1.Cl. The maximum atomic E-state index is 13.0. The monoisotopic (exact) mass is 430 g/mol. The highest BCUT2D eigenvalue weighted by Gasteiger charge is 2.31. The number of alkyl halides is 3. The van der Waals surface area contributed by atoms with Gasteiger partial charge in [-0.05, 0) is 49.7 Å². The number of carbonyl (C=O) groups is 2. The predicted octanol–water partition coefficient (Wildman–Crippen LogP) is 4.37. The van der Waals surface area contributed by atoms with Crippen molar-refractivity contribution in [2.75, 3.05) is 10.6 Å². The lowest BCUT2D eigenvalue weighted by Gasteiger charge is -2.15. The fraction of sp³-hybridized carbons (Fsp3) is 0.263. The Morgan fingerprint density at radius 1 is 1.07 bits per heavy atom. The molecule has 0 fully saturated rings. The Balaban J connectivity index is 0.00000420. The first-order valence-corrected chi connectivity index (χ1v) is 8.49. The van der Waals surface area contributed by atoms with Crippen molar-refractivity contribution in [1.29, 1.82) is 0 Å². The largest absolute Gasteiger partial charge is 0.416 e. The van der Waals surface area contributed by atoms with Crippen LogP contribution < -0.4 is 21.7 Å². The molecule has 0 saturated carbocycles. The van der Waals surface area contributed by atoms with E-state index in [9.17, 15) is 22.8 Å². The molecule has 6 nitrogen and oxygen atoms in total. The van der Waals surface area contributed by atoms with Gasteiger partial charge in [0, 0.05) is 18.3 Å². The molecule has 158 valence electrons. The van der Waals surface area contributed by atoms with Crippen LogP contribution in [0.25, 0.3) is 0 Å². The standard InChI is InChI=1S/C19H21F3N4O2.ClH/c1-11(2)24-18(28)26-16-6-4-3-5-15(16)17(27)25-14-8-12(10-23)7-13(9-14)19(20,21)22;/h3-9,11H,10,23H2,1-2H3,(H,25,27)(H2,24,26,28);1H. The summed E-state index contributed by atoms with van der Waals surface area (Å²) in [5.74, 6) is -0.664. The number of anilines is 2. The molecule has 29 heavy (non-hydrogen) atoms. The number of amides is 3. The molecule has 0 saturated heterocycles. The van der Waals surface area contributed by atoms with E-state index < -0.39 is 23.7 Å². The van der Waals surface area contributed by atoms with Gasteiger partial charge in [0.05, 0.1) is 16.8 Å². The van der Waals surface area contributed by atoms with Gasteiger partial charge in [0.15, 0.2) is 0 Å². The van der Waals surface area contributed by atoms with E-state index >= 15 is 0 Å². The Kier molecular flexibility index (Phi) is 8.47. The summed E-state index contributed by atoms with van der Waals surface area (Å²) >= 11 is 0. The number of carbonyl (C=O) groups excluding carboxylic acids is 2. The maximum absolute atomic E-state index is 13.0. The molecule has 0 aliphatic heterocycles. The zero-order valence-electron chi connectivity index (χ0n) is 15.8. The van der Waals surface area contributed by atoms with Crippen LogP contribution in [0.15, 0.2) is 42.5 Å². The van der Waals surface area contributed by atoms with Crippen molar-refractivity contribution in [2.45, 2.75) is 32.6 Å². The zero-order chi connectivity index (χ0) is 20.9. The number of rotatable bonds is 5. The molecule has 0 radical (unpaired) electrons. The van der Waals surface area contributed by atoms with Crippen LogP contribution in [-0.4, -0.2) is 18.0 Å². The summed E-state index contributed by atoms with van der Waals surface area (Å²) in [5.41, 5.74) is 5.07. The topological polar surface area (TPSA) is 96.2 Å². The molecule has 10 heteroatoms. The van der Waals surface area contributed by atoms with E-state index in [1.54, 1.807) is 26.0 Å². The van der Waals surface area contributed by atoms with Crippen molar-refractivity contribution in [3.05, 3.63) is 59.2 Å². The van der Waals surface area contributed by atoms with Crippen molar-refractivity contribution in [3.8, 4) is 0 Å². The highest BCUT2D eigenvalue weighted by atomic mass is 35.5. The quantitative estimate of drug-likeness (QED) is 0.567. The van der Waals surface area contributed by atoms with Crippen LogP contribution in [0.4, 0.5) is 29.3 Å². The number of nitrogens with two attached hydrogens (primary N) is 1. The van der Waals surface area contributed by atoms with E-state index in [4.69, 9.17) is 5.73 Å². The molecular formula is C19H22ClF3N4O2. The Bertz CT molecular complexity index is 873. The van der Waals surface area contributed by atoms with Crippen LogP contribution >= 0.6 is 12.4 Å². The molecule has 0 aromatic heterocycles. The van der Waals surface area contributed by atoms with Gasteiger partial charge in [-0.25, -0.2) is 4.79 Å². The second-order valence-corrected chi connectivity index (χ2v) is 6.37. The van der Waals surface area contributed by atoms with E-state index in [1.165, 1.54) is 18.2 Å². The highest BCUT2D eigenvalue weighted by Crippen LogP contribution is 2.32. The van der Waals surface area contributed by atoms with Crippen molar-refractivity contribution in [1.82, 2.24) is 5.32 Å². The third-order valence-electron chi connectivity index (χ3n) is 3.65. The van der Waals surface area contributed by atoms with E-state index in [2.05, 4.69) is 16.0 Å². The maximum Gasteiger partial charge on any atom is 0.416 e. The van der Waals surface area contributed by atoms with Gasteiger partial charge in [-0.2, -0.15) is 13.2 Å². The van der Waals surface area contributed by atoms with Crippen molar-refractivity contribution >= 4 is 35.7 Å². The minimum absolute atomic E-state index is 0. The lowest BCUT2D eigenvalue weighted by Crippen LogP contribution is -2.34. The first-order chi connectivity index (χ1) is 13.1. The minimum Gasteiger partial charge on any atom is -0.336 e. The molecular weight excluding hydrogens is 409 g/mol. The van der Waals surface area contributed by atoms with E-state index in [0.29, 0.717) is 0 Å². The smallest absolute Gasteiger partial charge is 0.336 e. The summed E-state index contributed by atoms with van der Waals surface area (Å²) in [6.07, 6.45) is -4.57. The van der Waals surface area contributed by atoms with Gasteiger partial charge in [0.25, 0.3) is 5.91 Å². The molecule has 0 aliphatic rings.